The van der Waals surface area contributed by atoms with Crippen molar-refractivity contribution in [3.63, 3.8) is 0 Å². The number of rotatable bonds is 2. The Morgan fingerprint density at radius 2 is 1.92 bits per heavy atom. The Morgan fingerprint density at radius 3 is 2.81 bits per heavy atom. The highest BCUT2D eigenvalue weighted by Gasteiger charge is 2.19. The summed E-state index contributed by atoms with van der Waals surface area (Å²) in [5.41, 5.74) is 9.88. The third kappa shape index (κ3) is 2.42. The van der Waals surface area contributed by atoms with Crippen LogP contribution in [0.4, 0.5) is 11.8 Å². The maximum absolute atomic E-state index is 5.89. The van der Waals surface area contributed by atoms with Gasteiger partial charge in [-0.15, -0.1) is 0 Å². The van der Waals surface area contributed by atoms with E-state index in [2.05, 4.69) is 30.9 Å². The van der Waals surface area contributed by atoms with E-state index in [-0.39, 0.29) is 5.95 Å². The molecular formula is C18H17N7O. The number of fused-ring (bicyclic) bond motifs is 2. The summed E-state index contributed by atoms with van der Waals surface area (Å²) >= 11 is 0. The Bertz CT molecular complexity index is 1100. The number of hydrogen-bond donors (Lipinski definition) is 2. The Hall–Kier alpha value is -3.26. The van der Waals surface area contributed by atoms with Gasteiger partial charge in [0.05, 0.1) is 25.1 Å². The smallest absolute Gasteiger partial charge is 0.224 e. The van der Waals surface area contributed by atoms with Crippen molar-refractivity contribution < 1.29 is 4.74 Å². The molecule has 0 amide bonds. The lowest BCUT2D eigenvalue weighted by molar-refractivity contribution is 0.122. The van der Waals surface area contributed by atoms with E-state index in [1.54, 1.807) is 6.20 Å². The van der Waals surface area contributed by atoms with E-state index in [0.29, 0.717) is 30.2 Å². The zero-order valence-electron chi connectivity index (χ0n) is 14.0. The maximum atomic E-state index is 5.89. The van der Waals surface area contributed by atoms with E-state index >= 15 is 0 Å². The van der Waals surface area contributed by atoms with Crippen LogP contribution in [0.2, 0.25) is 0 Å². The van der Waals surface area contributed by atoms with Crippen molar-refractivity contribution in [1.82, 2.24) is 24.9 Å². The molecule has 8 heteroatoms. The molecule has 1 aromatic carbocycles. The highest BCUT2D eigenvalue weighted by atomic mass is 16.5. The molecule has 0 radical (unpaired) electrons. The Labute approximate surface area is 149 Å². The lowest BCUT2D eigenvalue weighted by Crippen LogP contribution is -2.37. The quantitative estimate of drug-likeness (QED) is 0.571. The first-order valence-electron chi connectivity index (χ1n) is 8.49. The average molecular weight is 347 g/mol. The van der Waals surface area contributed by atoms with E-state index in [1.807, 2.05) is 24.4 Å². The number of nitrogens with zero attached hydrogens (tertiary/aromatic N) is 5. The van der Waals surface area contributed by atoms with E-state index in [1.165, 1.54) is 0 Å². The highest BCUT2D eigenvalue weighted by Crippen LogP contribution is 2.29. The van der Waals surface area contributed by atoms with Crippen LogP contribution in [0.25, 0.3) is 33.3 Å². The number of aromatic nitrogens is 5. The second kappa shape index (κ2) is 5.92. The molecule has 0 aliphatic carbocycles. The van der Waals surface area contributed by atoms with Gasteiger partial charge in [-0.25, -0.2) is 9.97 Å². The first-order chi connectivity index (χ1) is 12.8. The fraction of sp³-hybridized carbons (Fsp3) is 0.222. The lowest BCUT2D eigenvalue weighted by Gasteiger charge is -2.28. The Balaban J connectivity index is 1.70. The predicted molar refractivity (Wildman–Crippen MR) is 99.9 cm³/mol. The van der Waals surface area contributed by atoms with E-state index in [4.69, 9.17) is 15.5 Å². The molecule has 1 fully saturated rings. The first-order valence-corrected chi connectivity index (χ1v) is 8.49. The number of ether oxygens (including phenoxy) is 1. The zero-order valence-corrected chi connectivity index (χ0v) is 14.0. The van der Waals surface area contributed by atoms with Crippen molar-refractivity contribution in [2.45, 2.75) is 0 Å². The number of para-hydroxylation sites is 1. The number of H-pyrrole nitrogens is 1. The van der Waals surface area contributed by atoms with Crippen molar-refractivity contribution in [2.24, 2.45) is 0 Å². The molecule has 1 saturated heterocycles. The van der Waals surface area contributed by atoms with Gasteiger partial charge in [0, 0.05) is 35.8 Å². The molecule has 26 heavy (non-hydrogen) atoms. The molecule has 0 saturated carbocycles. The number of nitrogen functional groups attached to an aromatic ring is 1. The van der Waals surface area contributed by atoms with Gasteiger partial charge in [0.1, 0.15) is 0 Å². The molecule has 0 spiro atoms. The lowest BCUT2D eigenvalue weighted by atomic mass is 10.1. The van der Waals surface area contributed by atoms with Crippen molar-refractivity contribution >= 4 is 33.8 Å². The van der Waals surface area contributed by atoms with Crippen LogP contribution in [0, 0.1) is 0 Å². The van der Waals surface area contributed by atoms with E-state index in [0.717, 1.165) is 35.2 Å². The number of anilines is 2. The highest BCUT2D eigenvalue weighted by molar-refractivity contribution is 5.95. The largest absolute Gasteiger partial charge is 0.378 e. The topological polar surface area (TPSA) is 106 Å². The van der Waals surface area contributed by atoms with Crippen LogP contribution in [0.5, 0.6) is 0 Å². The van der Waals surface area contributed by atoms with E-state index in [9.17, 15) is 0 Å². The van der Waals surface area contributed by atoms with Crippen molar-refractivity contribution in [3.8, 4) is 11.3 Å². The van der Waals surface area contributed by atoms with Crippen LogP contribution in [0.3, 0.4) is 0 Å². The third-order valence-electron chi connectivity index (χ3n) is 4.58. The summed E-state index contributed by atoms with van der Waals surface area (Å²) in [6, 6.07) is 8.12. The molecule has 4 aromatic rings. The first kappa shape index (κ1) is 15.0. The van der Waals surface area contributed by atoms with Crippen LogP contribution < -0.4 is 10.6 Å². The summed E-state index contributed by atoms with van der Waals surface area (Å²) < 4.78 is 5.44. The van der Waals surface area contributed by atoms with Gasteiger partial charge in [0.25, 0.3) is 0 Å². The Morgan fingerprint density at radius 1 is 1.08 bits per heavy atom. The molecule has 0 unspecified atom stereocenters. The minimum atomic E-state index is 0.202. The van der Waals surface area contributed by atoms with Crippen LogP contribution in [0.15, 0.2) is 36.7 Å². The molecule has 5 rings (SSSR count). The summed E-state index contributed by atoms with van der Waals surface area (Å²) in [7, 11) is 0. The van der Waals surface area contributed by atoms with Crippen molar-refractivity contribution in [2.75, 3.05) is 36.9 Å². The van der Waals surface area contributed by atoms with Gasteiger partial charge in [-0.05, 0) is 6.07 Å². The molecule has 1 aliphatic heterocycles. The zero-order chi connectivity index (χ0) is 17.5. The number of aromatic amines is 1. The average Bonchev–Trinajstić information content (AvgIpc) is 3.12. The van der Waals surface area contributed by atoms with Crippen LogP contribution in [-0.4, -0.2) is 51.2 Å². The number of nitrogens with two attached hydrogens (primary N) is 1. The fourth-order valence-corrected chi connectivity index (χ4v) is 3.32. The van der Waals surface area contributed by atoms with Gasteiger partial charge in [-0.1, -0.05) is 18.2 Å². The van der Waals surface area contributed by atoms with Gasteiger partial charge in [-0.2, -0.15) is 9.97 Å². The summed E-state index contributed by atoms with van der Waals surface area (Å²) in [6.45, 7) is 2.79. The van der Waals surface area contributed by atoms with Gasteiger partial charge in [0.2, 0.25) is 5.95 Å². The third-order valence-corrected chi connectivity index (χ3v) is 4.58. The Kier molecular flexibility index (Phi) is 3.42. The molecule has 0 atom stereocenters. The minimum Gasteiger partial charge on any atom is -0.378 e. The van der Waals surface area contributed by atoms with Gasteiger partial charge in [0.15, 0.2) is 17.0 Å². The molecule has 8 nitrogen and oxygen atoms in total. The molecule has 1 aliphatic rings. The van der Waals surface area contributed by atoms with Crippen LogP contribution in [-0.2, 0) is 4.74 Å². The van der Waals surface area contributed by atoms with Gasteiger partial charge >= 0.3 is 0 Å². The van der Waals surface area contributed by atoms with Crippen molar-refractivity contribution in [3.05, 3.63) is 36.7 Å². The predicted octanol–water partition coefficient (Wildman–Crippen LogP) is 1.99. The summed E-state index contributed by atoms with van der Waals surface area (Å²) in [5, 5.41) is 1.10. The molecule has 0 bridgehead atoms. The second-order valence-corrected chi connectivity index (χ2v) is 6.18. The molecule has 130 valence electrons. The molecule has 3 N–H and O–H groups in total. The standard InChI is InChI=1S/C18H17N7O/c19-18-23-16-15(17(24-18)25-5-7-26-8-6-25)22-14(10-21-16)12-9-20-13-4-2-1-3-11(12)13/h1-4,9-10,20H,5-8H2,(H2,19,21,23,24). The number of hydrogen-bond acceptors (Lipinski definition) is 7. The molecule has 3 aromatic heterocycles. The van der Waals surface area contributed by atoms with Crippen LogP contribution >= 0.6 is 0 Å². The van der Waals surface area contributed by atoms with Gasteiger partial charge in [-0.3, -0.25) is 0 Å². The number of benzene rings is 1. The normalized spacial score (nSPS) is 15.0. The summed E-state index contributed by atoms with van der Waals surface area (Å²) in [6.07, 6.45) is 3.68. The number of nitrogens with one attached hydrogen (secondary N) is 1. The molecular weight excluding hydrogens is 330 g/mol. The monoisotopic (exact) mass is 347 g/mol. The van der Waals surface area contributed by atoms with E-state index < -0.39 is 0 Å². The fourth-order valence-electron chi connectivity index (χ4n) is 3.32. The van der Waals surface area contributed by atoms with Crippen molar-refractivity contribution in [1.29, 1.82) is 0 Å². The minimum absolute atomic E-state index is 0.202. The van der Waals surface area contributed by atoms with Gasteiger partial charge < -0.3 is 20.4 Å². The summed E-state index contributed by atoms with van der Waals surface area (Å²) in [5.74, 6) is 0.915. The number of morpholine rings is 1. The second-order valence-electron chi connectivity index (χ2n) is 6.18. The molecule has 4 heterocycles. The summed E-state index contributed by atoms with van der Waals surface area (Å²) in [4.78, 5) is 23.4. The maximum Gasteiger partial charge on any atom is 0.224 e. The SMILES string of the molecule is Nc1nc(N2CCOCC2)c2nc(-c3c[nH]c4ccccc34)cnc2n1. The van der Waals surface area contributed by atoms with Crippen LogP contribution in [0.1, 0.15) is 0 Å².